The van der Waals surface area contributed by atoms with Crippen LogP contribution in [0.2, 0.25) is 0 Å². The Hall–Kier alpha value is -0.590. The second-order valence-electron chi connectivity index (χ2n) is 4.83. The molecular formula is C10H18N2O. The van der Waals surface area contributed by atoms with E-state index >= 15 is 0 Å². The molecule has 13 heavy (non-hydrogen) atoms. The third-order valence-corrected chi connectivity index (χ3v) is 2.26. The van der Waals surface area contributed by atoms with Crippen molar-refractivity contribution in [1.82, 2.24) is 0 Å². The van der Waals surface area contributed by atoms with Crippen LogP contribution in [0.5, 0.6) is 0 Å². The van der Waals surface area contributed by atoms with E-state index in [9.17, 15) is 0 Å². The van der Waals surface area contributed by atoms with Gasteiger partial charge in [-0.15, -0.1) is 0 Å². The van der Waals surface area contributed by atoms with Crippen molar-refractivity contribution in [3.63, 3.8) is 0 Å². The minimum atomic E-state index is -0.757. The molecule has 1 rings (SSSR count). The zero-order chi connectivity index (χ0) is 10.1. The van der Waals surface area contributed by atoms with Crippen molar-refractivity contribution in [2.45, 2.75) is 44.8 Å². The number of ether oxygens (including phenoxy) is 1. The Morgan fingerprint density at radius 1 is 1.46 bits per heavy atom. The first-order valence-corrected chi connectivity index (χ1v) is 4.71. The summed E-state index contributed by atoms with van der Waals surface area (Å²) in [7, 11) is 0. The minimum absolute atomic E-state index is 0.212. The number of nitrogens with zero attached hydrogens (tertiary/aromatic N) is 1. The van der Waals surface area contributed by atoms with Gasteiger partial charge in [0.2, 0.25) is 0 Å². The van der Waals surface area contributed by atoms with Gasteiger partial charge in [-0.25, -0.2) is 0 Å². The van der Waals surface area contributed by atoms with Crippen molar-refractivity contribution in [2.24, 2.45) is 11.7 Å². The van der Waals surface area contributed by atoms with E-state index in [0.29, 0.717) is 12.5 Å². The summed E-state index contributed by atoms with van der Waals surface area (Å²) in [6.07, 6.45) is 2.13. The van der Waals surface area contributed by atoms with Crippen LogP contribution in [0.4, 0.5) is 0 Å². The van der Waals surface area contributed by atoms with Gasteiger partial charge < -0.3 is 10.5 Å². The smallest absolute Gasteiger partial charge is 0.130 e. The highest BCUT2D eigenvalue weighted by atomic mass is 16.5. The Morgan fingerprint density at radius 3 is 2.31 bits per heavy atom. The molecule has 0 aliphatic heterocycles. The molecule has 0 saturated heterocycles. The highest BCUT2D eigenvalue weighted by molar-refractivity contribution is 5.13. The Kier molecular flexibility index (Phi) is 2.65. The molecule has 1 saturated carbocycles. The Labute approximate surface area is 79.9 Å². The number of rotatable bonds is 3. The van der Waals surface area contributed by atoms with Gasteiger partial charge in [0.1, 0.15) is 5.54 Å². The molecule has 0 aromatic heterocycles. The molecule has 1 aliphatic rings. The van der Waals surface area contributed by atoms with Gasteiger partial charge in [-0.3, -0.25) is 0 Å². The number of hydrogen-bond acceptors (Lipinski definition) is 3. The molecule has 0 amide bonds. The van der Waals surface area contributed by atoms with Crippen LogP contribution in [0.1, 0.15) is 33.6 Å². The summed E-state index contributed by atoms with van der Waals surface area (Å²) < 4.78 is 5.54. The van der Waals surface area contributed by atoms with Gasteiger partial charge >= 0.3 is 0 Å². The number of nitriles is 1. The molecule has 0 heterocycles. The first-order chi connectivity index (χ1) is 5.87. The summed E-state index contributed by atoms with van der Waals surface area (Å²) in [5.41, 5.74) is 4.96. The van der Waals surface area contributed by atoms with Crippen molar-refractivity contribution < 1.29 is 4.74 Å². The van der Waals surface area contributed by atoms with Crippen LogP contribution in [0.15, 0.2) is 0 Å². The average molecular weight is 182 g/mol. The quantitative estimate of drug-likeness (QED) is 0.718. The first kappa shape index (κ1) is 10.5. The summed E-state index contributed by atoms with van der Waals surface area (Å²) in [4.78, 5) is 0. The molecule has 3 heteroatoms. The van der Waals surface area contributed by atoms with Crippen molar-refractivity contribution >= 4 is 0 Å². The molecular weight excluding hydrogens is 164 g/mol. The van der Waals surface area contributed by atoms with Crippen molar-refractivity contribution in [3.05, 3.63) is 0 Å². The van der Waals surface area contributed by atoms with E-state index in [-0.39, 0.29) is 5.60 Å². The highest BCUT2D eigenvalue weighted by Gasteiger charge is 2.43. The molecule has 0 aromatic rings. The maximum Gasteiger partial charge on any atom is 0.130 e. The van der Waals surface area contributed by atoms with Crippen LogP contribution in [0.3, 0.4) is 0 Å². The average Bonchev–Trinajstić information content (AvgIpc) is 2.81. The molecule has 1 unspecified atom stereocenters. The monoisotopic (exact) mass is 182 g/mol. The zero-order valence-corrected chi connectivity index (χ0v) is 8.63. The molecule has 1 aliphatic carbocycles. The fourth-order valence-corrected chi connectivity index (χ4v) is 1.18. The van der Waals surface area contributed by atoms with Gasteiger partial charge in [0, 0.05) is 0 Å². The Bertz CT molecular complexity index is 222. The summed E-state index contributed by atoms with van der Waals surface area (Å²) >= 11 is 0. The molecule has 3 nitrogen and oxygen atoms in total. The molecule has 1 fully saturated rings. The van der Waals surface area contributed by atoms with Crippen LogP contribution in [-0.2, 0) is 4.74 Å². The van der Waals surface area contributed by atoms with Gasteiger partial charge in [-0.05, 0) is 39.5 Å². The van der Waals surface area contributed by atoms with E-state index in [2.05, 4.69) is 6.07 Å². The summed E-state index contributed by atoms with van der Waals surface area (Å²) in [5, 5.41) is 8.94. The van der Waals surface area contributed by atoms with Crippen molar-refractivity contribution in [2.75, 3.05) is 6.61 Å². The lowest BCUT2D eigenvalue weighted by Crippen LogP contribution is -2.47. The summed E-state index contributed by atoms with van der Waals surface area (Å²) in [6, 6.07) is 2.17. The maximum absolute atomic E-state index is 8.94. The van der Waals surface area contributed by atoms with Gasteiger partial charge in [0.25, 0.3) is 0 Å². The lowest BCUT2D eigenvalue weighted by Gasteiger charge is -2.27. The molecule has 0 bridgehead atoms. The largest absolute Gasteiger partial charge is 0.373 e. The second kappa shape index (κ2) is 3.28. The van der Waals surface area contributed by atoms with E-state index in [0.717, 1.165) is 12.8 Å². The van der Waals surface area contributed by atoms with E-state index in [4.69, 9.17) is 15.7 Å². The number of nitrogens with two attached hydrogens (primary N) is 1. The highest BCUT2D eigenvalue weighted by Crippen LogP contribution is 2.38. The zero-order valence-electron chi connectivity index (χ0n) is 8.63. The van der Waals surface area contributed by atoms with Crippen molar-refractivity contribution in [1.29, 1.82) is 5.26 Å². The molecule has 74 valence electrons. The molecule has 0 radical (unpaired) electrons. The Morgan fingerprint density at radius 2 is 2.00 bits per heavy atom. The van der Waals surface area contributed by atoms with E-state index < -0.39 is 5.54 Å². The van der Waals surface area contributed by atoms with Crippen LogP contribution in [0, 0.1) is 17.2 Å². The molecule has 0 aromatic carbocycles. The van der Waals surface area contributed by atoms with Crippen molar-refractivity contribution in [3.8, 4) is 6.07 Å². The van der Waals surface area contributed by atoms with Crippen LogP contribution < -0.4 is 5.73 Å². The lowest BCUT2D eigenvalue weighted by atomic mass is 9.97. The fourth-order valence-electron chi connectivity index (χ4n) is 1.18. The van der Waals surface area contributed by atoms with Gasteiger partial charge in [0.05, 0.1) is 18.3 Å². The van der Waals surface area contributed by atoms with E-state index in [1.165, 1.54) is 0 Å². The Balaban J connectivity index is 2.46. The van der Waals surface area contributed by atoms with E-state index in [1.54, 1.807) is 0 Å². The minimum Gasteiger partial charge on any atom is -0.373 e. The van der Waals surface area contributed by atoms with Gasteiger partial charge in [-0.2, -0.15) is 5.26 Å². The second-order valence-corrected chi connectivity index (χ2v) is 4.83. The first-order valence-electron chi connectivity index (χ1n) is 4.71. The van der Waals surface area contributed by atoms with Crippen LogP contribution >= 0.6 is 0 Å². The maximum atomic E-state index is 8.94. The molecule has 2 N–H and O–H groups in total. The molecule has 1 atom stereocenters. The van der Waals surface area contributed by atoms with Crippen LogP contribution in [0.25, 0.3) is 0 Å². The normalized spacial score (nSPS) is 22.1. The fraction of sp³-hybridized carbons (Fsp3) is 0.900. The molecule has 0 spiro atoms. The standard InChI is InChI=1S/C10H18N2O/c1-9(2,3)13-7-10(12,6-11)8-4-5-8/h8H,4-5,7,12H2,1-3H3. The number of hydrogen-bond donors (Lipinski definition) is 1. The lowest BCUT2D eigenvalue weighted by molar-refractivity contribution is -0.0232. The summed E-state index contributed by atoms with van der Waals surface area (Å²) in [5.74, 6) is 0.347. The topological polar surface area (TPSA) is 59.0 Å². The van der Waals surface area contributed by atoms with E-state index in [1.807, 2.05) is 20.8 Å². The SMILES string of the molecule is CC(C)(C)OCC(N)(C#N)C1CC1. The van der Waals surface area contributed by atoms with Gasteiger partial charge in [-0.1, -0.05) is 0 Å². The third kappa shape index (κ3) is 2.98. The van der Waals surface area contributed by atoms with Crippen LogP contribution in [-0.4, -0.2) is 17.7 Å². The summed E-state index contributed by atoms with van der Waals surface area (Å²) in [6.45, 7) is 6.25. The third-order valence-electron chi connectivity index (χ3n) is 2.26. The predicted molar refractivity (Wildman–Crippen MR) is 51.0 cm³/mol. The predicted octanol–water partition coefficient (Wildman–Crippen LogP) is 1.43. The van der Waals surface area contributed by atoms with Gasteiger partial charge in [0.15, 0.2) is 0 Å².